The van der Waals surface area contributed by atoms with Crippen LogP contribution in [0.2, 0.25) is 0 Å². The molecule has 1 aromatic heterocycles. The molecule has 11 heteroatoms. The van der Waals surface area contributed by atoms with E-state index in [1.54, 1.807) is 29.2 Å². The molecule has 0 spiro atoms. The van der Waals surface area contributed by atoms with E-state index >= 15 is 0 Å². The number of ether oxygens (including phenoxy) is 1. The van der Waals surface area contributed by atoms with Gasteiger partial charge in [0.2, 0.25) is 11.8 Å². The lowest BCUT2D eigenvalue weighted by atomic mass is 10.1. The van der Waals surface area contributed by atoms with Crippen molar-refractivity contribution in [2.24, 2.45) is 0 Å². The fourth-order valence-corrected chi connectivity index (χ4v) is 4.10. The van der Waals surface area contributed by atoms with Crippen molar-refractivity contribution in [1.82, 2.24) is 20.2 Å². The second kappa shape index (κ2) is 11.4. The van der Waals surface area contributed by atoms with E-state index in [4.69, 9.17) is 4.74 Å². The van der Waals surface area contributed by atoms with Crippen LogP contribution >= 0.6 is 11.8 Å². The highest BCUT2D eigenvalue weighted by atomic mass is 32.2. The third kappa shape index (κ3) is 7.34. The summed E-state index contributed by atoms with van der Waals surface area (Å²) in [6.07, 6.45) is -2.38. The Balaban J connectivity index is 1.53. The van der Waals surface area contributed by atoms with Crippen LogP contribution in [0, 0.1) is 0 Å². The van der Waals surface area contributed by atoms with Gasteiger partial charge in [-0.1, -0.05) is 11.8 Å². The van der Waals surface area contributed by atoms with Crippen LogP contribution in [-0.2, 0) is 15.8 Å². The molecular formula is C22H25F3N4O3S. The van der Waals surface area contributed by atoms with Gasteiger partial charge >= 0.3 is 6.18 Å². The molecule has 2 aromatic rings. The van der Waals surface area contributed by atoms with Crippen LogP contribution in [-0.4, -0.2) is 59.2 Å². The van der Waals surface area contributed by atoms with Crippen molar-refractivity contribution in [3.05, 3.63) is 36.0 Å². The Kier molecular flexibility index (Phi) is 8.54. The second-order valence-corrected chi connectivity index (χ2v) is 8.50. The summed E-state index contributed by atoms with van der Waals surface area (Å²) in [6, 6.07) is 7.44. The fourth-order valence-electron chi connectivity index (χ4n) is 3.31. The average molecular weight is 483 g/mol. The van der Waals surface area contributed by atoms with E-state index in [2.05, 4.69) is 15.3 Å². The number of likely N-dealkylation sites (tertiary alicyclic amines) is 1. The number of benzene rings is 1. The number of nitrogens with one attached hydrogen (secondary N) is 1. The minimum absolute atomic E-state index is 0.0454. The van der Waals surface area contributed by atoms with Gasteiger partial charge in [-0.2, -0.15) is 13.2 Å². The zero-order valence-corrected chi connectivity index (χ0v) is 19.0. The number of nitrogens with zero attached hydrogens (tertiary/aromatic N) is 3. The standard InChI is InChI=1S/C22H25F3N4O3S/c1-32-16-7-5-15(6-8-16)17-14-18(22(23,24)25)28-21(27-17)33-13-9-19(30)26-10-3-12-29-11-2-4-20(29)31/h5-8,14H,2-4,9-13H2,1H3,(H,26,30). The maximum atomic E-state index is 13.3. The molecule has 1 aliphatic rings. The number of carbonyl (C=O) groups excluding carboxylic acids is 2. The maximum Gasteiger partial charge on any atom is 0.433 e. The number of alkyl halides is 3. The van der Waals surface area contributed by atoms with Gasteiger partial charge in [-0.05, 0) is 43.2 Å². The number of amides is 2. The molecule has 1 fully saturated rings. The van der Waals surface area contributed by atoms with Crippen LogP contribution < -0.4 is 10.1 Å². The molecule has 0 aliphatic carbocycles. The van der Waals surface area contributed by atoms with Crippen LogP contribution in [0.1, 0.15) is 31.4 Å². The molecule has 1 saturated heterocycles. The Bertz CT molecular complexity index is 970. The summed E-state index contributed by atoms with van der Waals surface area (Å²) in [5.74, 6) is 0.752. The largest absolute Gasteiger partial charge is 0.497 e. The van der Waals surface area contributed by atoms with E-state index in [9.17, 15) is 22.8 Å². The molecule has 0 atom stereocenters. The van der Waals surface area contributed by atoms with Gasteiger partial charge in [0, 0.05) is 43.8 Å². The second-order valence-electron chi connectivity index (χ2n) is 7.43. The average Bonchev–Trinajstić information content (AvgIpc) is 3.20. The van der Waals surface area contributed by atoms with Gasteiger partial charge < -0.3 is 15.0 Å². The molecule has 178 valence electrons. The van der Waals surface area contributed by atoms with Crippen molar-refractivity contribution < 1.29 is 27.5 Å². The molecule has 0 radical (unpaired) electrons. The minimum atomic E-state index is -4.62. The first-order valence-electron chi connectivity index (χ1n) is 10.5. The monoisotopic (exact) mass is 482 g/mol. The summed E-state index contributed by atoms with van der Waals surface area (Å²) < 4.78 is 45.1. The van der Waals surface area contributed by atoms with E-state index in [1.807, 2.05) is 0 Å². The number of halogens is 3. The molecule has 0 bridgehead atoms. The molecular weight excluding hydrogens is 457 g/mol. The predicted molar refractivity (Wildman–Crippen MR) is 118 cm³/mol. The minimum Gasteiger partial charge on any atom is -0.497 e. The molecule has 1 N–H and O–H groups in total. The number of rotatable bonds is 10. The summed E-state index contributed by atoms with van der Waals surface area (Å²) in [7, 11) is 1.50. The fraction of sp³-hybridized carbons (Fsp3) is 0.455. The zero-order chi connectivity index (χ0) is 23.8. The first-order valence-corrected chi connectivity index (χ1v) is 11.5. The molecule has 1 aromatic carbocycles. The molecule has 0 saturated carbocycles. The number of thioether (sulfide) groups is 1. The third-order valence-electron chi connectivity index (χ3n) is 5.04. The number of aromatic nitrogens is 2. The van der Waals surface area contributed by atoms with E-state index in [-0.39, 0.29) is 34.8 Å². The number of carbonyl (C=O) groups is 2. The summed E-state index contributed by atoms with van der Waals surface area (Å²) in [6.45, 7) is 1.81. The normalized spacial score (nSPS) is 13.9. The first kappa shape index (κ1) is 24.8. The van der Waals surface area contributed by atoms with Crippen molar-refractivity contribution >= 4 is 23.6 Å². The smallest absolute Gasteiger partial charge is 0.433 e. The zero-order valence-electron chi connectivity index (χ0n) is 18.2. The van der Waals surface area contributed by atoms with Crippen molar-refractivity contribution in [3.63, 3.8) is 0 Å². The Morgan fingerprint density at radius 3 is 2.64 bits per heavy atom. The predicted octanol–water partition coefficient (Wildman–Crippen LogP) is 3.78. The van der Waals surface area contributed by atoms with Gasteiger partial charge in [0.1, 0.15) is 11.4 Å². The highest BCUT2D eigenvalue weighted by molar-refractivity contribution is 7.99. The van der Waals surface area contributed by atoms with Crippen molar-refractivity contribution in [1.29, 1.82) is 0 Å². The summed E-state index contributed by atoms with van der Waals surface area (Å²) in [5, 5.41) is 2.72. The summed E-state index contributed by atoms with van der Waals surface area (Å²) in [4.78, 5) is 33.2. The van der Waals surface area contributed by atoms with Crippen molar-refractivity contribution in [3.8, 4) is 17.0 Å². The van der Waals surface area contributed by atoms with Crippen molar-refractivity contribution in [2.45, 2.75) is 37.0 Å². The Morgan fingerprint density at radius 2 is 2.00 bits per heavy atom. The SMILES string of the molecule is COc1ccc(-c2cc(C(F)(F)F)nc(SCCC(=O)NCCCN3CCCC3=O)n2)cc1. The van der Waals surface area contributed by atoms with Crippen LogP contribution in [0.15, 0.2) is 35.5 Å². The first-order chi connectivity index (χ1) is 15.8. The van der Waals surface area contributed by atoms with Crippen LogP contribution in [0.5, 0.6) is 5.75 Å². The van der Waals surface area contributed by atoms with Gasteiger partial charge in [-0.15, -0.1) is 0 Å². The lowest BCUT2D eigenvalue weighted by molar-refractivity contribution is -0.141. The van der Waals surface area contributed by atoms with E-state index in [0.29, 0.717) is 37.2 Å². The highest BCUT2D eigenvalue weighted by Gasteiger charge is 2.34. The van der Waals surface area contributed by atoms with E-state index in [1.165, 1.54) is 7.11 Å². The van der Waals surface area contributed by atoms with Gasteiger partial charge in [-0.25, -0.2) is 9.97 Å². The maximum absolute atomic E-state index is 13.3. The summed E-state index contributed by atoms with van der Waals surface area (Å²) >= 11 is 0.995. The molecule has 7 nitrogen and oxygen atoms in total. The number of methoxy groups -OCH3 is 1. The number of hydrogen-bond donors (Lipinski definition) is 1. The molecule has 2 amide bonds. The third-order valence-corrected chi connectivity index (χ3v) is 5.89. The molecule has 0 unspecified atom stereocenters. The Hall–Kier alpha value is -2.82. The summed E-state index contributed by atoms with van der Waals surface area (Å²) in [5.41, 5.74) is -0.394. The van der Waals surface area contributed by atoms with E-state index in [0.717, 1.165) is 30.8 Å². The van der Waals surface area contributed by atoms with Crippen LogP contribution in [0.25, 0.3) is 11.3 Å². The van der Waals surface area contributed by atoms with Gasteiger partial charge in [0.25, 0.3) is 0 Å². The van der Waals surface area contributed by atoms with Crippen LogP contribution in [0.3, 0.4) is 0 Å². The molecule has 3 rings (SSSR count). The Labute approximate surface area is 194 Å². The number of hydrogen-bond acceptors (Lipinski definition) is 6. The quantitative estimate of drug-likeness (QED) is 0.315. The van der Waals surface area contributed by atoms with Gasteiger partial charge in [0.05, 0.1) is 12.8 Å². The molecule has 1 aliphatic heterocycles. The van der Waals surface area contributed by atoms with Crippen molar-refractivity contribution in [2.75, 3.05) is 32.5 Å². The van der Waals surface area contributed by atoms with E-state index < -0.39 is 11.9 Å². The Morgan fingerprint density at radius 1 is 1.24 bits per heavy atom. The van der Waals surface area contributed by atoms with Crippen LogP contribution in [0.4, 0.5) is 13.2 Å². The topological polar surface area (TPSA) is 84.4 Å². The van der Waals surface area contributed by atoms with Gasteiger partial charge in [0.15, 0.2) is 5.16 Å². The lowest BCUT2D eigenvalue weighted by Gasteiger charge is -2.15. The molecule has 2 heterocycles. The highest BCUT2D eigenvalue weighted by Crippen LogP contribution is 2.32. The lowest BCUT2D eigenvalue weighted by Crippen LogP contribution is -2.30. The van der Waals surface area contributed by atoms with Gasteiger partial charge in [-0.3, -0.25) is 9.59 Å². The molecule has 33 heavy (non-hydrogen) atoms.